The van der Waals surface area contributed by atoms with E-state index in [4.69, 9.17) is 5.11 Å². The van der Waals surface area contributed by atoms with Gasteiger partial charge in [0.1, 0.15) is 0 Å². The first-order valence-electron chi connectivity index (χ1n) is 3.05. The zero-order valence-electron chi connectivity index (χ0n) is 5.26. The third-order valence-electron chi connectivity index (χ3n) is 1.84. The van der Waals surface area contributed by atoms with E-state index in [9.17, 15) is 4.79 Å². The summed E-state index contributed by atoms with van der Waals surface area (Å²) in [5.41, 5.74) is -0.401. The van der Waals surface area contributed by atoms with Crippen LogP contribution in [-0.4, -0.2) is 11.1 Å². The molecule has 9 heavy (non-hydrogen) atoms. The summed E-state index contributed by atoms with van der Waals surface area (Å²) in [4.78, 5) is 10.4. The van der Waals surface area contributed by atoms with E-state index in [1.165, 1.54) is 0 Å². The molecule has 0 spiro atoms. The minimum Gasteiger partial charge on any atom is -0.481 e. The Morgan fingerprint density at radius 2 is 2.33 bits per heavy atom. The van der Waals surface area contributed by atoms with Crippen LogP contribution < -0.4 is 0 Å². The van der Waals surface area contributed by atoms with Crippen LogP contribution in [0.4, 0.5) is 0 Å². The van der Waals surface area contributed by atoms with Gasteiger partial charge in [-0.3, -0.25) is 4.79 Å². The Bertz CT molecular complexity index is 145. The van der Waals surface area contributed by atoms with E-state index in [1.54, 1.807) is 6.08 Å². The molecule has 1 saturated carbocycles. The third-order valence-corrected chi connectivity index (χ3v) is 1.84. The Morgan fingerprint density at radius 1 is 1.78 bits per heavy atom. The minimum absolute atomic E-state index is 0.401. The van der Waals surface area contributed by atoms with Crippen molar-refractivity contribution in [1.82, 2.24) is 0 Å². The van der Waals surface area contributed by atoms with Crippen LogP contribution in [0, 0.1) is 5.41 Å². The van der Waals surface area contributed by atoms with Crippen LogP contribution in [0.3, 0.4) is 0 Å². The van der Waals surface area contributed by atoms with E-state index in [1.807, 2.05) is 0 Å². The molecule has 0 unspecified atom stereocenters. The second-order valence-electron chi connectivity index (χ2n) is 2.58. The molecule has 50 valence electrons. The van der Waals surface area contributed by atoms with Crippen LogP contribution in [0.1, 0.15) is 19.3 Å². The highest BCUT2D eigenvalue weighted by Crippen LogP contribution is 2.49. The van der Waals surface area contributed by atoms with Gasteiger partial charge >= 0.3 is 5.97 Å². The number of allylic oxidation sites excluding steroid dienone is 1. The topological polar surface area (TPSA) is 37.3 Å². The zero-order valence-corrected chi connectivity index (χ0v) is 5.26. The zero-order chi connectivity index (χ0) is 6.91. The van der Waals surface area contributed by atoms with Gasteiger partial charge in [-0.2, -0.15) is 0 Å². The monoisotopic (exact) mass is 126 g/mol. The number of carbonyl (C=O) groups is 1. The lowest BCUT2D eigenvalue weighted by atomic mass is 10.0. The van der Waals surface area contributed by atoms with Crippen molar-refractivity contribution < 1.29 is 9.90 Å². The van der Waals surface area contributed by atoms with E-state index >= 15 is 0 Å². The molecule has 0 amide bonds. The van der Waals surface area contributed by atoms with Gasteiger partial charge in [0.2, 0.25) is 0 Å². The molecule has 1 aliphatic carbocycles. The van der Waals surface area contributed by atoms with Crippen LogP contribution in [0.25, 0.3) is 0 Å². The van der Waals surface area contributed by atoms with E-state index < -0.39 is 11.4 Å². The summed E-state index contributed by atoms with van der Waals surface area (Å²) in [6.45, 7) is 3.50. The van der Waals surface area contributed by atoms with Crippen LogP contribution >= 0.6 is 0 Å². The minimum atomic E-state index is -0.664. The quantitative estimate of drug-likeness (QED) is 0.581. The number of aliphatic carboxylic acids is 1. The summed E-state index contributed by atoms with van der Waals surface area (Å²) < 4.78 is 0. The van der Waals surface area contributed by atoms with Gasteiger partial charge in [-0.05, 0) is 19.3 Å². The van der Waals surface area contributed by atoms with Gasteiger partial charge < -0.3 is 5.11 Å². The molecular weight excluding hydrogens is 116 g/mol. The van der Waals surface area contributed by atoms with Crippen LogP contribution in [0.15, 0.2) is 12.7 Å². The lowest BCUT2D eigenvalue weighted by molar-refractivity contribution is -0.143. The molecule has 0 radical (unpaired) electrons. The summed E-state index contributed by atoms with van der Waals surface area (Å²) in [6.07, 6.45) is 3.96. The maximum atomic E-state index is 10.4. The Morgan fingerprint density at radius 3 is 2.44 bits per heavy atom. The van der Waals surface area contributed by atoms with E-state index in [0.29, 0.717) is 6.42 Å². The van der Waals surface area contributed by atoms with Crippen molar-refractivity contribution in [2.45, 2.75) is 19.3 Å². The highest BCUT2D eigenvalue weighted by atomic mass is 16.4. The Balaban J connectivity index is 2.52. The number of hydrogen-bond acceptors (Lipinski definition) is 1. The lowest BCUT2D eigenvalue weighted by Crippen LogP contribution is -2.12. The number of hydrogen-bond donors (Lipinski definition) is 1. The molecule has 1 aliphatic rings. The molecule has 0 bridgehead atoms. The SMILES string of the molecule is C=CCC1(C(=O)O)CC1. The average molecular weight is 126 g/mol. The van der Waals surface area contributed by atoms with Crippen molar-refractivity contribution in [2.75, 3.05) is 0 Å². The fourth-order valence-electron chi connectivity index (χ4n) is 0.932. The fraction of sp³-hybridized carbons (Fsp3) is 0.571. The molecule has 2 heteroatoms. The highest BCUT2D eigenvalue weighted by Gasteiger charge is 2.48. The standard InChI is InChI=1S/C7H10O2/c1-2-3-7(4-5-7)6(8)9/h2H,1,3-5H2,(H,8,9). The second-order valence-corrected chi connectivity index (χ2v) is 2.58. The van der Waals surface area contributed by atoms with Crippen molar-refractivity contribution >= 4 is 5.97 Å². The molecule has 1 N–H and O–H groups in total. The number of carboxylic acids is 1. The van der Waals surface area contributed by atoms with Gasteiger partial charge in [-0.25, -0.2) is 0 Å². The van der Waals surface area contributed by atoms with Gasteiger partial charge in [-0.1, -0.05) is 6.08 Å². The maximum absolute atomic E-state index is 10.4. The Labute approximate surface area is 54.2 Å². The van der Waals surface area contributed by atoms with Crippen LogP contribution in [-0.2, 0) is 4.79 Å². The van der Waals surface area contributed by atoms with E-state index in [-0.39, 0.29) is 0 Å². The molecule has 0 aromatic rings. The largest absolute Gasteiger partial charge is 0.481 e. The first-order chi connectivity index (χ1) is 4.21. The fourth-order valence-corrected chi connectivity index (χ4v) is 0.932. The van der Waals surface area contributed by atoms with Crippen LogP contribution in [0.2, 0.25) is 0 Å². The smallest absolute Gasteiger partial charge is 0.309 e. The number of rotatable bonds is 3. The van der Waals surface area contributed by atoms with E-state index in [0.717, 1.165) is 12.8 Å². The predicted octanol–water partition coefficient (Wildman–Crippen LogP) is 1.43. The molecule has 1 rings (SSSR count). The predicted molar refractivity (Wildman–Crippen MR) is 34.1 cm³/mol. The van der Waals surface area contributed by atoms with E-state index in [2.05, 4.69) is 6.58 Å². The Hall–Kier alpha value is -0.790. The maximum Gasteiger partial charge on any atom is 0.309 e. The molecule has 2 nitrogen and oxygen atoms in total. The number of carboxylic acid groups (broad SMARTS) is 1. The molecule has 1 fully saturated rings. The van der Waals surface area contributed by atoms with Crippen molar-refractivity contribution in [3.8, 4) is 0 Å². The third kappa shape index (κ3) is 0.969. The van der Waals surface area contributed by atoms with Crippen molar-refractivity contribution in [1.29, 1.82) is 0 Å². The normalized spacial score (nSPS) is 20.9. The molecule has 0 aromatic heterocycles. The van der Waals surface area contributed by atoms with Gasteiger partial charge in [0.15, 0.2) is 0 Å². The summed E-state index contributed by atoms with van der Waals surface area (Å²) in [5, 5.41) is 8.59. The highest BCUT2D eigenvalue weighted by molar-refractivity contribution is 5.77. The average Bonchev–Trinajstić information content (AvgIpc) is 2.49. The van der Waals surface area contributed by atoms with Crippen LogP contribution in [0.5, 0.6) is 0 Å². The summed E-state index contributed by atoms with van der Waals surface area (Å²) in [6, 6.07) is 0. The first-order valence-corrected chi connectivity index (χ1v) is 3.05. The molecular formula is C7H10O2. The van der Waals surface area contributed by atoms with Gasteiger partial charge in [0, 0.05) is 0 Å². The summed E-state index contributed by atoms with van der Waals surface area (Å²) in [5.74, 6) is -0.664. The summed E-state index contributed by atoms with van der Waals surface area (Å²) in [7, 11) is 0. The van der Waals surface area contributed by atoms with Gasteiger partial charge in [0.05, 0.1) is 5.41 Å². The summed E-state index contributed by atoms with van der Waals surface area (Å²) >= 11 is 0. The molecule has 0 atom stereocenters. The van der Waals surface area contributed by atoms with Crippen molar-refractivity contribution in [3.63, 3.8) is 0 Å². The van der Waals surface area contributed by atoms with Crippen molar-refractivity contribution in [2.24, 2.45) is 5.41 Å². The van der Waals surface area contributed by atoms with Crippen molar-refractivity contribution in [3.05, 3.63) is 12.7 Å². The second kappa shape index (κ2) is 1.87. The lowest BCUT2D eigenvalue weighted by Gasteiger charge is -2.02. The first kappa shape index (κ1) is 6.33. The molecule has 0 aliphatic heterocycles. The molecule has 0 saturated heterocycles. The molecule has 0 heterocycles. The molecule has 0 aromatic carbocycles. The van der Waals surface area contributed by atoms with Gasteiger partial charge in [0.25, 0.3) is 0 Å². The Kier molecular flexibility index (Phi) is 1.31. The van der Waals surface area contributed by atoms with Gasteiger partial charge in [-0.15, -0.1) is 6.58 Å².